The number of carbonyl (C=O) groups excluding carboxylic acids is 1. The van der Waals surface area contributed by atoms with Crippen molar-refractivity contribution in [1.29, 1.82) is 0 Å². The van der Waals surface area contributed by atoms with E-state index in [0.29, 0.717) is 16.0 Å². The lowest BCUT2D eigenvalue weighted by molar-refractivity contribution is -0.116. The molecule has 0 spiro atoms. The van der Waals surface area contributed by atoms with Crippen molar-refractivity contribution >= 4 is 34.1 Å². The summed E-state index contributed by atoms with van der Waals surface area (Å²) < 4.78 is 1.58. The van der Waals surface area contributed by atoms with E-state index in [9.17, 15) is 9.59 Å². The zero-order valence-electron chi connectivity index (χ0n) is 10.6. The van der Waals surface area contributed by atoms with Gasteiger partial charge >= 0.3 is 0 Å². The van der Waals surface area contributed by atoms with Crippen LogP contribution in [-0.2, 0) is 4.79 Å². The molecule has 0 aliphatic carbocycles. The second kappa shape index (κ2) is 5.33. The van der Waals surface area contributed by atoms with Crippen LogP contribution in [0.4, 0.5) is 5.13 Å². The number of amides is 1. The molecular weight excluding hydrogens is 298 g/mol. The average molecular weight is 309 g/mol. The van der Waals surface area contributed by atoms with Gasteiger partial charge in [0, 0.05) is 24.4 Å². The standard InChI is InChI=1S/C11H11N5O2S2/c1-6-14-15-10(20-6)13-8(17)4-7-5-19-11-12-3-2-9(18)16(7)11/h2-3,7H,4-5H2,1H3,(H,13,15,17)/t7-/m1/s1. The molecule has 2 aromatic rings. The molecule has 1 amide bonds. The molecule has 1 atom stereocenters. The largest absolute Gasteiger partial charge is 0.300 e. The van der Waals surface area contributed by atoms with Gasteiger partial charge < -0.3 is 5.32 Å². The van der Waals surface area contributed by atoms with Gasteiger partial charge in [-0.3, -0.25) is 14.2 Å². The van der Waals surface area contributed by atoms with Crippen LogP contribution in [-0.4, -0.2) is 31.4 Å². The second-order valence-electron chi connectivity index (χ2n) is 4.28. The first-order valence-electron chi connectivity index (χ1n) is 5.94. The third-order valence-electron chi connectivity index (χ3n) is 2.81. The number of nitrogens with zero attached hydrogens (tertiary/aromatic N) is 4. The Balaban J connectivity index is 1.71. The number of anilines is 1. The Bertz CT molecular complexity index is 711. The summed E-state index contributed by atoms with van der Waals surface area (Å²) in [6, 6.07) is 1.25. The molecule has 1 N–H and O–H groups in total. The van der Waals surface area contributed by atoms with Crippen molar-refractivity contribution in [2.24, 2.45) is 0 Å². The van der Waals surface area contributed by atoms with Gasteiger partial charge in [0.25, 0.3) is 5.56 Å². The lowest BCUT2D eigenvalue weighted by Crippen LogP contribution is -2.26. The minimum Gasteiger partial charge on any atom is -0.300 e. The van der Waals surface area contributed by atoms with Gasteiger partial charge in [-0.1, -0.05) is 23.1 Å². The predicted molar refractivity (Wildman–Crippen MR) is 76.2 cm³/mol. The first-order chi connectivity index (χ1) is 9.63. The summed E-state index contributed by atoms with van der Waals surface area (Å²) in [6.07, 6.45) is 1.72. The number of hydrogen-bond donors (Lipinski definition) is 1. The Morgan fingerprint density at radius 3 is 3.15 bits per heavy atom. The number of nitrogens with one attached hydrogen (secondary N) is 1. The molecule has 1 aliphatic heterocycles. The van der Waals surface area contributed by atoms with Gasteiger partial charge in [-0.25, -0.2) is 4.98 Å². The zero-order chi connectivity index (χ0) is 14.1. The summed E-state index contributed by atoms with van der Waals surface area (Å²) in [7, 11) is 0. The molecule has 20 heavy (non-hydrogen) atoms. The van der Waals surface area contributed by atoms with E-state index in [2.05, 4.69) is 20.5 Å². The van der Waals surface area contributed by atoms with E-state index in [0.717, 1.165) is 5.01 Å². The van der Waals surface area contributed by atoms with E-state index in [-0.39, 0.29) is 23.9 Å². The van der Waals surface area contributed by atoms with Gasteiger partial charge in [-0.05, 0) is 6.92 Å². The molecule has 0 saturated carbocycles. The van der Waals surface area contributed by atoms with Crippen molar-refractivity contribution in [2.75, 3.05) is 11.1 Å². The zero-order valence-corrected chi connectivity index (χ0v) is 12.2. The van der Waals surface area contributed by atoms with Crippen LogP contribution in [0.15, 0.2) is 22.2 Å². The maximum atomic E-state index is 12.0. The summed E-state index contributed by atoms with van der Waals surface area (Å²) in [5.41, 5.74) is -0.121. The Hall–Kier alpha value is -1.74. The quantitative estimate of drug-likeness (QED) is 0.853. The summed E-state index contributed by atoms with van der Waals surface area (Å²) in [5, 5.41) is 12.3. The lowest BCUT2D eigenvalue weighted by Gasteiger charge is -2.11. The van der Waals surface area contributed by atoms with Gasteiger partial charge in [0.05, 0.1) is 6.04 Å². The van der Waals surface area contributed by atoms with Crippen molar-refractivity contribution in [3.8, 4) is 0 Å². The van der Waals surface area contributed by atoms with E-state index in [1.165, 1.54) is 35.4 Å². The minimum atomic E-state index is -0.171. The van der Waals surface area contributed by atoms with E-state index >= 15 is 0 Å². The number of rotatable bonds is 3. The number of thioether (sulfide) groups is 1. The molecule has 3 heterocycles. The molecule has 2 aromatic heterocycles. The topological polar surface area (TPSA) is 89.8 Å². The molecule has 0 aromatic carbocycles. The number of carbonyl (C=O) groups is 1. The Labute approximate surface area is 122 Å². The third-order valence-corrected chi connectivity index (χ3v) is 4.67. The lowest BCUT2D eigenvalue weighted by atomic mass is 10.2. The first kappa shape index (κ1) is 13.3. The normalized spacial score (nSPS) is 16.9. The molecule has 1 aliphatic rings. The average Bonchev–Trinajstić information content (AvgIpc) is 2.97. The highest BCUT2D eigenvalue weighted by Gasteiger charge is 2.26. The summed E-state index contributed by atoms with van der Waals surface area (Å²) in [4.78, 5) is 27.9. The molecule has 104 valence electrons. The van der Waals surface area contributed by atoms with Gasteiger partial charge in [0.15, 0.2) is 5.16 Å². The Morgan fingerprint density at radius 1 is 1.55 bits per heavy atom. The maximum absolute atomic E-state index is 12.0. The van der Waals surface area contributed by atoms with Gasteiger partial charge in [0.2, 0.25) is 11.0 Å². The minimum absolute atomic E-state index is 0.121. The van der Waals surface area contributed by atoms with Crippen molar-refractivity contribution in [3.63, 3.8) is 0 Å². The molecule has 7 nitrogen and oxygen atoms in total. The van der Waals surface area contributed by atoms with E-state index in [1.54, 1.807) is 4.57 Å². The summed E-state index contributed by atoms with van der Waals surface area (Å²) in [5.74, 6) is 0.504. The highest BCUT2D eigenvalue weighted by Crippen LogP contribution is 2.31. The van der Waals surface area contributed by atoms with Crippen molar-refractivity contribution < 1.29 is 4.79 Å². The van der Waals surface area contributed by atoms with Crippen molar-refractivity contribution in [1.82, 2.24) is 19.7 Å². The van der Waals surface area contributed by atoms with Crippen LogP contribution in [0.5, 0.6) is 0 Å². The fourth-order valence-electron chi connectivity index (χ4n) is 1.97. The summed E-state index contributed by atoms with van der Waals surface area (Å²) in [6.45, 7) is 1.82. The number of fused-ring (bicyclic) bond motifs is 1. The van der Waals surface area contributed by atoms with Crippen LogP contribution >= 0.6 is 23.1 Å². The predicted octanol–water partition coefficient (Wildman–Crippen LogP) is 1.08. The van der Waals surface area contributed by atoms with Crippen LogP contribution in [0.2, 0.25) is 0 Å². The smallest absolute Gasteiger partial charge is 0.254 e. The van der Waals surface area contributed by atoms with E-state index < -0.39 is 0 Å². The maximum Gasteiger partial charge on any atom is 0.254 e. The molecule has 0 fully saturated rings. The van der Waals surface area contributed by atoms with Crippen LogP contribution in [0.25, 0.3) is 0 Å². The molecule has 0 bridgehead atoms. The number of aryl methyl sites for hydroxylation is 1. The van der Waals surface area contributed by atoms with Crippen molar-refractivity contribution in [2.45, 2.75) is 24.5 Å². The van der Waals surface area contributed by atoms with Crippen LogP contribution < -0.4 is 10.9 Å². The Kier molecular flexibility index (Phi) is 3.53. The number of aromatic nitrogens is 4. The SMILES string of the molecule is Cc1nnc(NC(=O)C[C@@H]2CSc3nccc(=O)n32)s1. The van der Waals surface area contributed by atoms with E-state index in [1.807, 2.05) is 6.92 Å². The second-order valence-corrected chi connectivity index (χ2v) is 6.45. The molecule has 0 radical (unpaired) electrons. The summed E-state index contributed by atoms with van der Waals surface area (Å²) >= 11 is 2.81. The Morgan fingerprint density at radius 2 is 2.40 bits per heavy atom. The van der Waals surface area contributed by atoms with Crippen LogP contribution in [0.3, 0.4) is 0 Å². The third kappa shape index (κ3) is 2.59. The molecule has 3 rings (SSSR count). The number of hydrogen-bond acceptors (Lipinski definition) is 7. The monoisotopic (exact) mass is 309 g/mol. The van der Waals surface area contributed by atoms with Gasteiger partial charge in [-0.2, -0.15) is 0 Å². The van der Waals surface area contributed by atoms with Gasteiger partial charge in [0.1, 0.15) is 5.01 Å². The molecule has 0 unspecified atom stereocenters. The van der Waals surface area contributed by atoms with Crippen LogP contribution in [0.1, 0.15) is 17.5 Å². The molecule has 0 saturated heterocycles. The molecule has 9 heteroatoms. The van der Waals surface area contributed by atoms with Gasteiger partial charge in [-0.15, -0.1) is 10.2 Å². The van der Waals surface area contributed by atoms with E-state index in [4.69, 9.17) is 0 Å². The highest BCUT2D eigenvalue weighted by molar-refractivity contribution is 7.99. The van der Waals surface area contributed by atoms with Crippen LogP contribution in [0, 0.1) is 6.92 Å². The van der Waals surface area contributed by atoms with Crippen molar-refractivity contribution in [3.05, 3.63) is 27.6 Å². The first-order valence-corrected chi connectivity index (χ1v) is 7.74. The highest BCUT2D eigenvalue weighted by atomic mass is 32.2. The fraction of sp³-hybridized carbons (Fsp3) is 0.364. The fourth-order valence-corrected chi connectivity index (χ4v) is 3.70. The molecular formula is C11H11N5O2S2.